The van der Waals surface area contributed by atoms with E-state index in [1.54, 1.807) is 6.92 Å². The number of rotatable bonds is 5. The molecule has 25 heavy (non-hydrogen) atoms. The predicted molar refractivity (Wildman–Crippen MR) is 88.3 cm³/mol. The van der Waals surface area contributed by atoms with Gasteiger partial charge in [0.15, 0.2) is 0 Å². The number of likely N-dealkylation sites (tertiary alicyclic amines) is 1. The van der Waals surface area contributed by atoms with Crippen molar-refractivity contribution in [1.82, 2.24) is 15.1 Å². The van der Waals surface area contributed by atoms with Crippen LogP contribution in [-0.2, 0) is 14.4 Å². The van der Waals surface area contributed by atoms with Gasteiger partial charge >= 0.3 is 5.97 Å². The van der Waals surface area contributed by atoms with Gasteiger partial charge in [-0.15, -0.1) is 0 Å². The van der Waals surface area contributed by atoms with Gasteiger partial charge in [-0.05, 0) is 18.9 Å². The second-order valence-corrected chi connectivity index (χ2v) is 7.35. The van der Waals surface area contributed by atoms with Gasteiger partial charge in [0.05, 0.1) is 18.1 Å². The number of carbonyl (C=O) groups is 3. The number of carbonyl (C=O) groups excluding carboxylic acids is 2. The summed E-state index contributed by atoms with van der Waals surface area (Å²) in [5.74, 6) is -2.12. The molecule has 0 spiro atoms. The van der Waals surface area contributed by atoms with Crippen LogP contribution >= 0.6 is 0 Å². The average Bonchev–Trinajstić information content (AvgIpc) is 3.01. The molecule has 3 aliphatic rings. The van der Waals surface area contributed by atoms with Crippen LogP contribution in [0.1, 0.15) is 27.2 Å². The van der Waals surface area contributed by atoms with Gasteiger partial charge in [0.25, 0.3) is 0 Å². The molecule has 0 bridgehead atoms. The van der Waals surface area contributed by atoms with E-state index >= 15 is 0 Å². The Bertz CT molecular complexity index is 644. The molecule has 3 N–H and O–H groups in total. The van der Waals surface area contributed by atoms with E-state index in [1.165, 1.54) is 11.8 Å². The monoisotopic (exact) mass is 351 g/mol. The highest BCUT2D eigenvalue weighted by atomic mass is 16.4. The molecule has 0 aromatic heterocycles. The smallest absolute Gasteiger partial charge is 0.352 e. The number of aliphatic hydroxyl groups excluding tert-OH is 1. The third kappa shape index (κ3) is 2.93. The standard InChI is InChI=1S/C17H25N3O5/c1-8-12(7-19-5-4-11(6-19)18-10(3)22)15(17(24)25)20-14(8)13(9(2)21)16(20)23/h8-9,11,13-14,21H,4-7H2,1-3H3,(H,18,22)(H,24,25). The molecule has 8 heteroatoms. The van der Waals surface area contributed by atoms with E-state index in [-0.39, 0.29) is 35.5 Å². The van der Waals surface area contributed by atoms with Crippen LogP contribution in [0.5, 0.6) is 0 Å². The van der Waals surface area contributed by atoms with Gasteiger partial charge in [0.2, 0.25) is 11.8 Å². The summed E-state index contributed by atoms with van der Waals surface area (Å²) in [4.78, 5) is 38.7. The summed E-state index contributed by atoms with van der Waals surface area (Å²) in [6.45, 7) is 6.88. The van der Waals surface area contributed by atoms with Crippen molar-refractivity contribution in [3.8, 4) is 0 Å². The number of carboxylic acids is 1. The minimum absolute atomic E-state index is 0.0685. The maximum Gasteiger partial charge on any atom is 0.352 e. The number of aliphatic carboxylic acids is 1. The van der Waals surface area contributed by atoms with Crippen LogP contribution in [0.25, 0.3) is 0 Å². The quantitative estimate of drug-likeness (QED) is 0.570. The molecule has 3 rings (SSSR count). The fourth-order valence-electron chi connectivity index (χ4n) is 4.48. The molecule has 0 saturated carbocycles. The number of β-lactam (4-membered cyclic amide) rings is 1. The first-order valence-electron chi connectivity index (χ1n) is 8.69. The average molecular weight is 351 g/mol. The van der Waals surface area contributed by atoms with Crippen LogP contribution in [0.3, 0.4) is 0 Å². The van der Waals surface area contributed by atoms with Crippen LogP contribution < -0.4 is 5.32 Å². The molecule has 3 aliphatic heterocycles. The number of carboxylic acid groups (broad SMARTS) is 1. The van der Waals surface area contributed by atoms with Crippen LogP contribution in [-0.4, -0.2) is 75.6 Å². The lowest BCUT2D eigenvalue weighted by Crippen LogP contribution is -2.63. The Labute approximate surface area is 146 Å². The number of nitrogens with zero attached hydrogens (tertiary/aromatic N) is 2. The molecule has 0 aromatic rings. The highest BCUT2D eigenvalue weighted by Gasteiger charge is 2.59. The zero-order chi connectivity index (χ0) is 18.5. The summed E-state index contributed by atoms with van der Waals surface area (Å²) in [5.41, 5.74) is 0.805. The first-order chi connectivity index (χ1) is 11.7. The lowest BCUT2D eigenvalue weighted by Gasteiger charge is -2.46. The van der Waals surface area contributed by atoms with E-state index in [0.717, 1.165) is 18.5 Å². The number of amides is 2. The number of nitrogens with one attached hydrogen (secondary N) is 1. The minimum atomic E-state index is -1.10. The minimum Gasteiger partial charge on any atom is -0.477 e. The van der Waals surface area contributed by atoms with Crippen LogP contribution in [0.2, 0.25) is 0 Å². The SMILES string of the molecule is CC(=O)NC1CCN(CC2=C(C(=O)O)N3C(=O)C(C(C)O)C3C2C)C1. The molecule has 138 valence electrons. The zero-order valence-corrected chi connectivity index (χ0v) is 14.7. The van der Waals surface area contributed by atoms with Gasteiger partial charge in [-0.2, -0.15) is 0 Å². The third-order valence-corrected chi connectivity index (χ3v) is 5.59. The zero-order valence-electron chi connectivity index (χ0n) is 14.7. The Kier molecular flexibility index (Phi) is 4.59. The molecule has 0 radical (unpaired) electrons. The lowest BCUT2D eigenvalue weighted by molar-refractivity contribution is -0.163. The summed E-state index contributed by atoms with van der Waals surface area (Å²) in [7, 11) is 0. The third-order valence-electron chi connectivity index (χ3n) is 5.59. The van der Waals surface area contributed by atoms with Crippen molar-refractivity contribution >= 4 is 17.8 Å². The van der Waals surface area contributed by atoms with Gasteiger partial charge in [0, 0.05) is 38.5 Å². The molecular weight excluding hydrogens is 326 g/mol. The van der Waals surface area contributed by atoms with Crippen molar-refractivity contribution in [3.63, 3.8) is 0 Å². The van der Waals surface area contributed by atoms with Gasteiger partial charge in [-0.3, -0.25) is 14.5 Å². The fraction of sp³-hybridized carbons (Fsp3) is 0.706. The Morgan fingerprint density at radius 3 is 2.64 bits per heavy atom. The summed E-state index contributed by atoms with van der Waals surface area (Å²) < 4.78 is 0. The van der Waals surface area contributed by atoms with Crippen molar-refractivity contribution in [2.45, 2.75) is 45.4 Å². The van der Waals surface area contributed by atoms with Gasteiger partial charge in [-0.1, -0.05) is 6.92 Å². The Hall–Kier alpha value is -1.93. The second-order valence-electron chi connectivity index (χ2n) is 7.35. The maximum absolute atomic E-state index is 12.3. The van der Waals surface area contributed by atoms with E-state index in [0.29, 0.717) is 13.1 Å². The van der Waals surface area contributed by atoms with Gasteiger partial charge in [0.1, 0.15) is 5.70 Å². The highest BCUT2D eigenvalue weighted by Crippen LogP contribution is 2.47. The molecular formula is C17H25N3O5. The molecule has 2 fully saturated rings. The molecule has 8 nitrogen and oxygen atoms in total. The fourth-order valence-corrected chi connectivity index (χ4v) is 4.48. The second kappa shape index (κ2) is 6.42. The topological polar surface area (TPSA) is 110 Å². The number of hydrogen-bond donors (Lipinski definition) is 3. The maximum atomic E-state index is 12.3. The van der Waals surface area contributed by atoms with Gasteiger partial charge in [-0.25, -0.2) is 4.79 Å². The van der Waals surface area contributed by atoms with Crippen LogP contribution in [0, 0.1) is 11.8 Å². The summed E-state index contributed by atoms with van der Waals surface area (Å²) >= 11 is 0. The van der Waals surface area contributed by atoms with Crippen molar-refractivity contribution < 1.29 is 24.6 Å². The molecule has 5 unspecified atom stereocenters. The molecule has 0 aromatic carbocycles. The van der Waals surface area contributed by atoms with E-state index in [2.05, 4.69) is 10.2 Å². The molecule has 3 heterocycles. The van der Waals surface area contributed by atoms with Crippen molar-refractivity contribution in [1.29, 1.82) is 0 Å². The number of hydrogen-bond acceptors (Lipinski definition) is 5. The Morgan fingerprint density at radius 1 is 1.40 bits per heavy atom. The Balaban J connectivity index is 1.77. The summed E-state index contributed by atoms with van der Waals surface area (Å²) in [5, 5.41) is 22.4. The molecule has 2 amide bonds. The van der Waals surface area contributed by atoms with Crippen LogP contribution in [0.15, 0.2) is 11.3 Å². The molecule has 2 saturated heterocycles. The summed E-state index contributed by atoms with van der Waals surface area (Å²) in [6.07, 6.45) is 0.0352. The highest BCUT2D eigenvalue weighted by molar-refractivity contribution is 6.00. The Morgan fingerprint density at radius 2 is 2.08 bits per heavy atom. The summed E-state index contributed by atoms with van der Waals surface area (Å²) in [6, 6.07) is -0.200. The van der Waals surface area contributed by atoms with E-state index < -0.39 is 18.0 Å². The van der Waals surface area contributed by atoms with E-state index in [4.69, 9.17) is 0 Å². The van der Waals surface area contributed by atoms with Crippen molar-refractivity contribution in [2.24, 2.45) is 11.8 Å². The lowest BCUT2D eigenvalue weighted by atomic mass is 9.77. The molecule has 5 atom stereocenters. The van der Waals surface area contributed by atoms with Crippen molar-refractivity contribution in [3.05, 3.63) is 11.3 Å². The van der Waals surface area contributed by atoms with Gasteiger partial charge < -0.3 is 20.4 Å². The first-order valence-corrected chi connectivity index (χ1v) is 8.69. The largest absolute Gasteiger partial charge is 0.477 e. The number of fused-ring (bicyclic) bond motifs is 1. The first kappa shape index (κ1) is 17.9. The van der Waals surface area contributed by atoms with Crippen LogP contribution in [0.4, 0.5) is 0 Å². The predicted octanol–water partition coefficient (Wildman–Crippen LogP) is -0.607. The normalized spacial score (nSPS) is 33.3. The number of aliphatic hydroxyl groups is 1. The van der Waals surface area contributed by atoms with Crippen molar-refractivity contribution in [2.75, 3.05) is 19.6 Å². The van der Waals surface area contributed by atoms with E-state index in [1.807, 2.05) is 6.92 Å². The molecule has 0 aliphatic carbocycles. The van der Waals surface area contributed by atoms with E-state index in [9.17, 15) is 24.6 Å².